The van der Waals surface area contributed by atoms with E-state index in [1.54, 1.807) is 0 Å². The summed E-state index contributed by atoms with van der Waals surface area (Å²) in [5.74, 6) is 1.44. The molecule has 0 heterocycles. The molecule has 1 atom stereocenters. The summed E-state index contributed by atoms with van der Waals surface area (Å²) in [6.45, 7) is 3.08. The smallest absolute Gasteiger partial charge is 0.00486 e. The van der Waals surface area contributed by atoms with E-state index in [0.29, 0.717) is 5.92 Å². The first kappa shape index (κ1) is 8.76. The van der Waals surface area contributed by atoms with E-state index in [0.717, 1.165) is 12.5 Å². The Morgan fingerprint density at radius 1 is 1.31 bits per heavy atom. The molecule has 1 aliphatic carbocycles. The zero-order valence-electron chi connectivity index (χ0n) is 8.16. The number of hydrogen-bond donors (Lipinski definition) is 1. The maximum absolute atomic E-state index is 5.69. The Labute approximate surface area is 80.0 Å². The Morgan fingerprint density at radius 3 is 2.31 bits per heavy atom. The molecule has 2 rings (SSSR count). The van der Waals surface area contributed by atoms with E-state index in [1.165, 1.54) is 24.0 Å². The second-order valence-corrected chi connectivity index (χ2v) is 4.15. The highest BCUT2D eigenvalue weighted by atomic mass is 14.6. The average molecular weight is 175 g/mol. The molecule has 1 aromatic rings. The molecular weight excluding hydrogens is 158 g/mol. The average Bonchev–Trinajstić information content (AvgIpc) is 2.59. The minimum atomic E-state index is 0.660. The van der Waals surface area contributed by atoms with E-state index in [1.807, 2.05) is 0 Å². The molecule has 0 saturated carbocycles. The zero-order chi connectivity index (χ0) is 9.26. The Balaban J connectivity index is 2.14. The van der Waals surface area contributed by atoms with Crippen LogP contribution in [-0.4, -0.2) is 6.54 Å². The van der Waals surface area contributed by atoms with Crippen molar-refractivity contribution in [3.8, 4) is 0 Å². The van der Waals surface area contributed by atoms with Crippen molar-refractivity contribution >= 4 is 0 Å². The number of nitrogens with two attached hydrogens (primary N) is 1. The van der Waals surface area contributed by atoms with Crippen LogP contribution in [0, 0.1) is 11.8 Å². The van der Waals surface area contributed by atoms with Crippen LogP contribution in [0.2, 0.25) is 0 Å². The van der Waals surface area contributed by atoms with Gasteiger partial charge in [-0.15, -0.1) is 0 Å². The molecule has 1 aliphatic rings. The maximum Gasteiger partial charge on any atom is -0.00486 e. The highest BCUT2D eigenvalue weighted by molar-refractivity contribution is 5.32. The van der Waals surface area contributed by atoms with Gasteiger partial charge in [-0.25, -0.2) is 0 Å². The molecule has 70 valence electrons. The van der Waals surface area contributed by atoms with Crippen LogP contribution < -0.4 is 5.73 Å². The van der Waals surface area contributed by atoms with Gasteiger partial charge >= 0.3 is 0 Å². The second-order valence-electron chi connectivity index (χ2n) is 4.15. The Hall–Kier alpha value is -0.820. The number of hydrogen-bond acceptors (Lipinski definition) is 1. The van der Waals surface area contributed by atoms with Crippen LogP contribution in [0.3, 0.4) is 0 Å². The third-order valence-electron chi connectivity index (χ3n) is 3.26. The molecule has 0 fully saturated rings. The summed E-state index contributed by atoms with van der Waals surface area (Å²) in [4.78, 5) is 0. The van der Waals surface area contributed by atoms with Crippen molar-refractivity contribution in [2.24, 2.45) is 17.6 Å². The highest BCUT2D eigenvalue weighted by Gasteiger charge is 2.24. The lowest BCUT2D eigenvalue weighted by Crippen LogP contribution is -2.20. The first-order chi connectivity index (χ1) is 6.31. The fraction of sp³-hybridized carbons (Fsp3) is 0.500. The summed E-state index contributed by atoms with van der Waals surface area (Å²) in [5.41, 5.74) is 8.76. The number of rotatable bonds is 2. The predicted octanol–water partition coefficient (Wildman–Crippen LogP) is 2.00. The molecule has 1 aromatic carbocycles. The van der Waals surface area contributed by atoms with Crippen LogP contribution in [0.1, 0.15) is 18.1 Å². The maximum atomic E-state index is 5.69. The zero-order valence-corrected chi connectivity index (χ0v) is 8.16. The fourth-order valence-corrected chi connectivity index (χ4v) is 2.19. The molecule has 1 nitrogen and oxygen atoms in total. The van der Waals surface area contributed by atoms with Crippen molar-refractivity contribution < 1.29 is 0 Å². The molecule has 1 heteroatoms. The minimum Gasteiger partial charge on any atom is -0.330 e. The molecule has 0 radical (unpaired) electrons. The molecular formula is C12H17N. The van der Waals surface area contributed by atoms with Crippen LogP contribution in [0.25, 0.3) is 0 Å². The molecule has 0 spiro atoms. The van der Waals surface area contributed by atoms with Gasteiger partial charge in [-0.1, -0.05) is 31.2 Å². The standard InChI is InChI=1S/C12H17N/c1-9(8-13)12-6-10-4-2-3-5-11(10)7-12/h2-5,9,12H,6-8,13H2,1H3. The van der Waals surface area contributed by atoms with Gasteiger partial charge in [0.15, 0.2) is 0 Å². The van der Waals surface area contributed by atoms with Gasteiger partial charge in [-0.3, -0.25) is 0 Å². The lowest BCUT2D eigenvalue weighted by molar-refractivity contribution is 0.382. The number of benzene rings is 1. The van der Waals surface area contributed by atoms with E-state index in [-0.39, 0.29) is 0 Å². The third kappa shape index (κ3) is 1.61. The van der Waals surface area contributed by atoms with Gasteiger partial charge in [-0.2, -0.15) is 0 Å². The summed E-state index contributed by atoms with van der Waals surface area (Å²) in [6, 6.07) is 8.76. The van der Waals surface area contributed by atoms with Gasteiger partial charge in [0.2, 0.25) is 0 Å². The van der Waals surface area contributed by atoms with E-state index in [2.05, 4.69) is 31.2 Å². The fourth-order valence-electron chi connectivity index (χ4n) is 2.19. The molecule has 1 unspecified atom stereocenters. The summed E-state index contributed by atoms with van der Waals surface area (Å²) in [5, 5.41) is 0. The Bertz CT molecular complexity index is 268. The van der Waals surface area contributed by atoms with Crippen molar-refractivity contribution in [1.29, 1.82) is 0 Å². The normalized spacial score (nSPS) is 18.6. The van der Waals surface area contributed by atoms with Crippen molar-refractivity contribution in [1.82, 2.24) is 0 Å². The first-order valence-corrected chi connectivity index (χ1v) is 5.08. The van der Waals surface area contributed by atoms with Gasteiger partial charge in [0.05, 0.1) is 0 Å². The Morgan fingerprint density at radius 2 is 1.85 bits per heavy atom. The van der Waals surface area contributed by atoms with Gasteiger partial charge in [-0.05, 0) is 42.3 Å². The molecule has 0 saturated heterocycles. The van der Waals surface area contributed by atoms with E-state index in [9.17, 15) is 0 Å². The lowest BCUT2D eigenvalue weighted by atomic mass is 9.91. The minimum absolute atomic E-state index is 0.660. The summed E-state index contributed by atoms with van der Waals surface area (Å²) < 4.78 is 0. The van der Waals surface area contributed by atoms with Crippen LogP contribution >= 0.6 is 0 Å². The lowest BCUT2D eigenvalue weighted by Gasteiger charge is -2.15. The van der Waals surface area contributed by atoms with Crippen LogP contribution in [0.5, 0.6) is 0 Å². The van der Waals surface area contributed by atoms with Gasteiger partial charge in [0, 0.05) is 0 Å². The molecule has 2 N–H and O–H groups in total. The molecule has 0 aliphatic heterocycles. The van der Waals surface area contributed by atoms with Crippen LogP contribution in [0.15, 0.2) is 24.3 Å². The predicted molar refractivity (Wildman–Crippen MR) is 55.6 cm³/mol. The number of fused-ring (bicyclic) bond motifs is 1. The summed E-state index contributed by atoms with van der Waals surface area (Å²) in [7, 11) is 0. The molecule has 0 amide bonds. The van der Waals surface area contributed by atoms with Crippen molar-refractivity contribution in [3.63, 3.8) is 0 Å². The summed E-state index contributed by atoms with van der Waals surface area (Å²) in [6.07, 6.45) is 2.46. The molecule has 0 bridgehead atoms. The second kappa shape index (κ2) is 3.51. The van der Waals surface area contributed by atoms with Crippen molar-refractivity contribution in [2.75, 3.05) is 6.54 Å². The van der Waals surface area contributed by atoms with Crippen LogP contribution in [0.4, 0.5) is 0 Å². The molecule has 13 heavy (non-hydrogen) atoms. The summed E-state index contributed by atoms with van der Waals surface area (Å²) >= 11 is 0. The first-order valence-electron chi connectivity index (χ1n) is 5.08. The SMILES string of the molecule is CC(CN)C1Cc2ccccc2C1. The van der Waals surface area contributed by atoms with Gasteiger partial charge in [0.1, 0.15) is 0 Å². The third-order valence-corrected chi connectivity index (χ3v) is 3.26. The van der Waals surface area contributed by atoms with Gasteiger partial charge < -0.3 is 5.73 Å². The highest BCUT2D eigenvalue weighted by Crippen LogP contribution is 2.30. The Kier molecular flexibility index (Phi) is 2.36. The largest absolute Gasteiger partial charge is 0.330 e. The van der Waals surface area contributed by atoms with Crippen molar-refractivity contribution in [3.05, 3.63) is 35.4 Å². The van der Waals surface area contributed by atoms with Crippen LogP contribution in [-0.2, 0) is 12.8 Å². The monoisotopic (exact) mass is 175 g/mol. The topological polar surface area (TPSA) is 26.0 Å². The van der Waals surface area contributed by atoms with E-state index >= 15 is 0 Å². The van der Waals surface area contributed by atoms with E-state index in [4.69, 9.17) is 5.73 Å². The van der Waals surface area contributed by atoms with Gasteiger partial charge in [0.25, 0.3) is 0 Å². The molecule has 0 aromatic heterocycles. The van der Waals surface area contributed by atoms with Crippen molar-refractivity contribution in [2.45, 2.75) is 19.8 Å². The van der Waals surface area contributed by atoms with E-state index < -0.39 is 0 Å². The quantitative estimate of drug-likeness (QED) is 0.731.